The number of aryl methyl sites for hydroxylation is 1. The van der Waals surface area contributed by atoms with Gasteiger partial charge in [0.2, 0.25) is 0 Å². The van der Waals surface area contributed by atoms with Gasteiger partial charge >= 0.3 is 0 Å². The number of hydrogen-bond acceptors (Lipinski definition) is 3. The Morgan fingerprint density at radius 2 is 2.21 bits per heavy atom. The quantitative estimate of drug-likeness (QED) is 0.406. The zero-order valence-corrected chi connectivity index (χ0v) is 7.60. The van der Waals surface area contributed by atoms with E-state index in [0.717, 1.165) is 5.56 Å². The topological polar surface area (TPSA) is 66.9 Å². The van der Waals surface area contributed by atoms with Gasteiger partial charge in [-0.1, -0.05) is 6.07 Å². The largest absolute Gasteiger partial charge is 0.270 e. The zero-order chi connectivity index (χ0) is 10.6. The van der Waals surface area contributed by atoms with Crippen LogP contribution in [-0.4, -0.2) is 4.92 Å². The summed E-state index contributed by atoms with van der Waals surface area (Å²) in [6.07, 6.45) is 2.83. The van der Waals surface area contributed by atoms with E-state index < -0.39 is 4.92 Å². The summed E-state index contributed by atoms with van der Waals surface area (Å²) in [6, 6.07) is 6.53. The smallest absolute Gasteiger partial charge is 0.258 e. The first-order valence-corrected chi connectivity index (χ1v) is 3.96. The minimum Gasteiger partial charge on any atom is -0.258 e. The van der Waals surface area contributed by atoms with Crippen molar-refractivity contribution in [2.24, 2.45) is 0 Å². The summed E-state index contributed by atoms with van der Waals surface area (Å²) in [6.45, 7) is 1.77. The summed E-state index contributed by atoms with van der Waals surface area (Å²) in [5, 5.41) is 18.8. The number of benzene rings is 1. The van der Waals surface area contributed by atoms with E-state index in [1.165, 1.54) is 18.2 Å². The monoisotopic (exact) mass is 188 g/mol. The predicted octanol–water partition coefficient (Wildman–Crippen LogP) is 2.44. The number of nitro benzene ring substituents is 1. The van der Waals surface area contributed by atoms with Gasteiger partial charge in [-0.3, -0.25) is 10.1 Å². The molecule has 0 N–H and O–H groups in total. The molecule has 0 saturated carbocycles. The molecule has 14 heavy (non-hydrogen) atoms. The molecule has 1 rings (SSSR count). The van der Waals surface area contributed by atoms with Crippen molar-refractivity contribution in [1.29, 1.82) is 5.26 Å². The predicted molar refractivity (Wildman–Crippen MR) is 52.5 cm³/mol. The molecule has 0 aliphatic carbocycles. The number of non-ortho nitro benzene ring substituents is 1. The highest BCUT2D eigenvalue weighted by Gasteiger charge is 2.05. The van der Waals surface area contributed by atoms with Crippen LogP contribution in [0.15, 0.2) is 24.3 Å². The van der Waals surface area contributed by atoms with E-state index in [4.69, 9.17) is 5.26 Å². The molecule has 0 heterocycles. The first-order chi connectivity index (χ1) is 6.63. The van der Waals surface area contributed by atoms with Gasteiger partial charge in [-0.25, -0.2) is 0 Å². The summed E-state index contributed by atoms with van der Waals surface area (Å²) >= 11 is 0. The molecule has 4 heteroatoms. The molecule has 0 atom stereocenters. The fraction of sp³-hybridized carbons (Fsp3) is 0.100. The van der Waals surface area contributed by atoms with Crippen LogP contribution < -0.4 is 0 Å². The maximum Gasteiger partial charge on any atom is 0.270 e. The second-order valence-electron chi connectivity index (χ2n) is 2.82. The number of nitrogens with zero attached hydrogens (tertiary/aromatic N) is 2. The summed E-state index contributed by atoms with van der Waals surface area (Å²) < 4.78 is 0. The first-order valence-electron chi connectivity index (χ1n) is 3.96. The van der Waals surface area contributed by atoms with Crippen molar-refractivity contribution < 1.29 is 4.92 Å². The highest BCUT2D eigenvalue weighted by molar-refractivity contribution is 5.56. The van der Waals surface area contributed by atoms with Crippen LogP contribution in [0, 0.1) is 28.4 Å². The standard InChI is InChI=1S/C10H8N2O2/c1-8-5-9(3-2-4-11)7-10(6-8)12(13)14/h2-3,5-7H,1H3. The lowest BCUT2D eigenvalue weighted by atomic mass is 10.1. The minimum absolute atomic E-state index is 0.0441. The molecule has 0 aromatic heterocycles. The lowest BCUT2D eigenvalue weighted by molar-refractivity contribution is -0.384. The molecule has 1 aromatic rings. The van der Waals surface area contributed by atoms with Crippen LogP contribution in [0.3, 0.4) is 0 Å². The van der Waals surface area contributed by atoms with Gasteiger partial charge in [0.1, 0.15) is 0 Å². The third-order valence-electron chi connectivity index (χ3n) is 1.65. The van der Waals surface area contributed by atoms with E-state index in [-0.39, 0.29) is 5.69 Å². The molecule has 0 bridgehead atoms. The van der Waals surface area contributed by atoms with Crippen LogP contribution in [0.4, 0.5) is 5.69 Å². The third-order valence-corrected chi connectivity index (χ3v) is 1.65. The van der Waals surface area contributed by atoms with Crippen LogP contribution >= 0.6 is 0 Å². The summed E-state index contributed by atoms with van der Waals surface area (Å²) in [5.74, 6) is 0. The number of nitro groups is 1. The average Bonchev–Trinajstić information content (AvgIpc) is 2.14. The van der Waals surface area contributed by atoms with Gasteiger partial charge in [0.05, 0.1) is 11.0 Å². The fourth-order valence-corrected chi connectivity index (χ4v) is 1.13. The second-order valence-corrected chi connectivity index (χ2v) is 2.82. The lowest BCUT2D eigenvalue weighted by Crippen LogP contribution is -1.89. The van der Waals surface area contributed by atoms with Gasteiger partial charge in [0, 0.05) is 18.2 Å². The zero-order valence-electron chi connectivity index (χ0n) is 7.60. The molecule has 0 fully saturated rings. The molecule has 0 saturated heterocycles. The number of rotatable bonds is 2. The fourth-order valence-electron chi connectivity index (χ4n) is 1.13. The minimum atomic E-state index is -0.448. The van der Waals surface area contributed by atoms with E-state index in [2.05, 4.69) is 0 Å². The Labute approximate surface area is 81.2 Å². The SMILES string of the molecule is Cc1cc(C=CC#N)cc([N+](=O)[O-])c1. The van der Waals surface area contributed by atoms with Gasteiger partial charge in [-0.2, -0.15) is 5.26 Å². The Bertz CT molecular complexity index is 430. The van der Waals surface area contributed by atoms with Crippen LogP contribution in [0.25, 0.3) is 6.08 Å². The van der Waals surface area contributed by atoms with Gasteiger partial charge < -0.3 is 0 Å². The first kappa shape index (κ1) is 9.93. The molecule has 4 nitrogen and oxygen atoms in total. The molecule has 0 aliphatic rings. The van der Waals surface area contributed by atoms with E-state index in [1.807, 2.05) is 6.07 Å². The average molecular weight is 188 g/mol. The van der Waals surface area contributed by atoms with E-state index in [9.17, 15) is 10.1 Å². The number of hydrogen-bond donors (Lipinski definition) is 0. The highest BCUT2D eigenvalue weighted by Crippen LogP contribution is 2.17. The molecule has 0 unspecified atom stereocenters. The maximum absolute atomic E-state index is 10.5. The molecule has 0 spiro atoms. The molecular weight excluding hydrogens is 180 g/mol. The van der Waals surface area contributed by atoms with E-state index in [0.29, 0.717) is 5.56 Å². The summed E-state index contributed by atoms with van der Waals surface area (Å²) in [7, 11) is 0. The van der Waals surface area contributed by atoms with Crippen LogP contribution in [0.5, 0.6) is 0 Å². The Kier molecular flexibility index (Phi) is 2.97. The van der Waals surface area contributed by atoms with Crippen molar-refractivity contribution in [1.82, 2.24) is 0 Å². The van der Waals surface area contributed by atoms with Gasteiger partial charge in [-0.15, -0.1) is 0 Å². The molecular formula is C10H8N2O2. The highest BCUT2D eigenvalue weighted by atomic mass is 16.6. The Morgan fingerprint density at radius 3 is 2.79 bits per heavy atom. The summed E-state index contributed by atoms with van der Waals surface area (Å²) in [5.41, 5.74) is 1.51. The van der Waals surface area contributed by atoms with Crippen LogP contribution in [0.1, 0.15) is 11.1 Å². The molecule has 0 radical (unpaired) electrons. The van der Waals surface area contributed by atoms with Gasteiger partial charge in [0.15, 0.2) is 0 Å². The molecule has 1 aromatic carbocycles. The van der Waals surface area contributed by atoms with E-state index in [1.54, 1.807) is 19.1 Å². The Hall–Kier alpha value is -2.15. The number of nitriles is 1. The molecule has 0 amide bonds. The van der Waals surface area contributed by atoms with Gasteiger partial charge in [-0.05, 0) is 24.1 Å². The number of allylic oxidation sites excluding steroid dienone is 1. The van der Waals surface area contributed by atoms with Crippen molar-refractivity contribution in [2.45, 2.75) is 6.92 Å². The summed E-state index contributed by atoms with van der Waals surface area (Å²) in [4.78, 5) is 10.0. The second kappa shape index (κ2) is 4.19. The van der Waals surface area contributed by atoms with Crippen molar-refractivity contribution in [3.63, 3.8) is 0 Å². The van der Waals surface area contributed by atoms with Crippen molar-refractivity contribution in [3.05, 3.63) is 45.5 Å². The Balaban J connectivity index is 3.15. The van der Waals surface area contributed by atoms with Gasteiger partial charge in [0.25, 0.3) is 5.69 Å². The van der Waals surface area contributed by atoms with Crippen molar-refractivity contribution in [3.8, 4) is 6.07 Å². The normalized spacial score (nSPS) is 10.0. The third kappa shape index (κ3) is 2.42. The Morgan fingerprint density at radius 1 is 1.50 bits per heavy atom. The van der Waals surface area contributed by atoms with Crippen molar-refractivity contribution in [2.75, 3.05) is 0 Å². The van der Waals surface area contributed by atoms with Crippen molar-refractivity contribution >= 4 is 11.8 Å². The van der Waals surface area contributed by atoms with Crippen LogP contribution in [0.2, 0.25) is 0 Å². The molecule has 0 aliphatic heterocycles. The van der Waals surface area contributed by atoms with Crippen LogP contribution in [-0.2, 0) is 0 Å². The maximum atomic E-state index is 10.5. The molecule has 70 valence electrons. The lowest BCUT2D eigenvalue weighted by Gasteiger charge is -1.96. The van der Waals surface area contributed by atoms with E-state index >= 15 is 0 Å².